The van der Waals surface area contributed by atoms with Gasteiger partial charge in [-0.25, -0.2) is 0 Å². The van der Waals surface area contributed by atoms with E-state index in [1.54, 1.807) is 6.33 Å². The zero-order valence-electron chi connectivity index (χ0n) is 12.7. The fraction of sp³-hybridized carbons (Fsp3) is 0.692. The zero-order chi connectivity index (χ0) is 15.4. The predicted octanol–water partition coefficient (Wildman–Crippen LogP) is -2.19. The van der Waals surface area contributed by atoms with Crippen LogP contribution in [0.25, 0.3) is 0 Å². The first-order valence-corrected chi connectivity index (χ1v) is 11.0. The van der Waals surface area contributed by atoms with Gasteiger partial charge >= 0.3 is 146 Å². The van der Waals surface area contributed by atoms with Crippen molar-refractivity contribution >= 4 is 21.7 Å². The van der Waals surface area contributed by atoms with Gasteiger partial charge < -0.3 is 0 Å². The Hall–Kier alpha value is -0.0300. The summed E-state index contributed by atoms with van der Waals surface area (Å²) in [6.07, 6.45) is 3.71. The first-order valence-electron chi connectivity index (χ1n) is 6.95. The zero-order valence-corrected chi connectivity index (χ0v) is 16.4. The number of nitrogens with one attached hydrogen (secondary N) is 1. The predicted molar refractivity (Wildman–Crippen MR) is 84.2 cm³/mol. The Kier molecular flexibility index (Phi) is 6.60. The van der Waals surface area contributed by atoms with Crippen molar-refractivity contribution in [3.05, 3.63) is 14.5 Å². The van der Waals surface area contributed by atoms with Crippen LogP contribution < -0.4 is 32.3 Å². The molecule has 3 N–H and O–H groups in total. The number of halogens is 2. The number of nitrogens with zero attached hydrogens (tertiary/aromatic N) is 4. The average molecular weight is 470 g/mol. The van der Waals surface area contributed by atoms with Crippen LogP contribution in [-0.4, -0.2) is 64.2 Å². The van der Waals surface area contributed by atoms with E-state index in [9.17, 15) is 0 Å². The monoisotopic (exact) mass is 469 g/mol. The maximum atomic E-state index is 6.29. The molecule has 1 aromatic rings. The molecule has 1 unspecified atom stereocenters. The standard InChI is InChI=1S/C13H23BrIN6/c1-15-11-10(14)12(18-8-17-11)19-13(16)21-6-4-9(5-7-21)20(2)3/h8-9,13H,4-7,16H2,1-3H3,(H,17,18,19)/q-1. The molecule has 0 saturated carbocycles. The number of hydrogen-bond acceptors (Lipinski definition) is 6. The molecule has 0 bridgehead atoms. The summed E-state index contributed by atoms with van der Waals surface area (Å²) in [5, 5.41) is 3.31. The van der Waals surface area contributed by atoms with Crippen molar-refractivity contribution in [3.63, 3.8) is 0 Å². The number of nitrogens with two attached hydrogens (primary N) is 1. The Morgan fingerprint density at radius 2 is 2.10 bits per heavy atom. The van der Waals surface area contributed by atoms with Gasteiger partial charge in [0.25, 0.3) is 0 Å². The number of alkyl halides is 1. The molecule has 120 valence electrons. The number of rotatable bonds is 5. The van der Waals surface area contributed by atoms with Crippen LogP contribution >= 0.6 is 15.9 Å². The van der Waals surface area contributed by atoms with Crippen molar-refractivity contribution in [1.82, 2.24) is 19.8 Å². The number of piperidine rings is 1. The van der Waals surface area contributed by atoms with E-state index in [1.807, 2.05) is 0 Å². The van der Waals surface area contributed by atoms with Gasteiger partial charge in [-0.3, -0.25) is 0 Å². The van der Waals surface area contributed by atoms with Gasteiger partial charge in [0.1, 0.15) is 0 Å². The fourth-order valence-electron chi connectivity index (χ4n) is 2.49. The van der Waals surface area contributed by atoms with Crippen molar-refractivity contribution in [3.8, 4) is 0 Å². The van der Waals surface area contributed by atoms with Crippen LogP contribution in [-0.2, 0) is 0 Å². The molecule has 1 aromatic heterocycles. The molecule has 0 amide bonds. The number of hydrogen-bond donors (Lipinski definition) is 2. The third-order valence-corrected chi connectivity index (χ3v) is 7.17. The first-order chi connectivity index (χ1) is 10.0. The molecule has 1 saturated heterocycles. The van der Waals surface area contributed by atoms with Crippen molar-refractivity contribution < 1.29 is 21.2 Å². The van der Waals surface area contributed by atoms with Crippen LogP contribution in [0.1, 0.15) is 12.8 Å². The summed E-state index contributed by atoms with van der Waals surface area (Å²) in [5.74, 6) is 0.795. The Bertz CT molecular complexity index is 464. The van der Waals surface area contributed by atoms with Gasteiger partial charge in [0.05, 0.1) is 0 Å². The van der Waals surface area contributed by atoms with Crippen molar-refractivity contribution in [2.45, 2.75) is 25.2 Å². The normalized spacial score (nSPS) is 19.1. The second-order valence-electron chi connectivity index (χ2n) is 5.34. The molecule has 0 radical (unpaired) electrons. The molecule has 8 heteroatoms. The summed E-state index contributed by atoms with van der Waals surface area (Å²) in [7, 11) is 4.29. The Morgan fingerprint density at radius 1 is 1.43 bits per heavy atom. The number of aromatic nitrogens is 2. The maximum absolute atomic E-state index is 6.29. The SMILES string of the molecule is C[I-]c1ncnc(NC(N)N2CCC(N(C)C)CC2)c1Br. The van der Waals surface area contributed by atoms with Crippen molar-refractivity contribution in [1.29, 1.82) is 0 Å². The summed E-state index contributed by atoms with van der Waals surface area (Å²) in [5.41, 5.74) is 6.29. The molecule has 0 aliphatic carbocycles. The van der Waals surface area contributed by atoms with Gasteiger partial charge in [-0.05, 0) is 0 Å². The molecule has 1 aliphatic heterocycles. The number of anilines is 1. The Morgan fingerprint density at radius 3 is 2.67 bits per heavy atom. The van der Waals surface area contributed by atoms with Gasteiger partial charge in [-0.15, -0.1) is 0 Å². The fourth-order valence-corrected chi connectivity index (χ4v) is 4.95. The number of likely N-dealkylation sites (tertiary alicyclic amines) is 1. The molecular formula is C13H23BrIN6-. The van der Waals surface area contributed by atoms with E-state index in [0.717, 1.165) is 39.9 Å². The van der Waals surface area contributed by atoms with Gasteiger partial charge in [0.15, 0.2) is 0 Å². The molecule has 0 aromatic carbocycles. The van der Waals surface area contributed by atoms with Crippen LogP contribution in [0.5, 0.6) is 0 Å². The van der Waals surface area contributed by atoms with Crippen molar-refractivity contribution in [2.24, 2.45) is 5.73 Å². The molecule has 21 heavy (non-hydrogen) atoms. The van der Waals surface area contributed by atoms with Gasteiger partial charge in [-0.1, -0.05) is 0 Å². The van der Waals surface area contributed by atoms with Crippen LogP contribution in [0.3, 0.4) is 0 Å². The molecule has 2 rings (SSSR count). The third kappa shape index (κ3) is 4.47. The van der Waals surface area contributed by atoms with E-state index in [1.165, 1.54) is 0 Å². The topological polar surface area (TPSA) is 70.3 Å². The molecule has 0 spiro atoms. The van der Waals surface area contributed by atoms with Crippen LogP contribution in [0.2, 0.25) is 0 Å². The third-order valence-electron chi connectivity index (χ3n) is 3.83. The average Bonchev–Trinajstić information content (AvgIpc) is 2.49. The van der Waals surface area contributed by atoms with Crippen molar-refractivity contribution in [2.75, 3.05) is 37.4 Å². The van der Waals surface area contributed by atoms with Crippen LogP contribution in [0, 0.1) is 3.70 Å². The summed E-state index contributed by atoms with van der Waals surface area (Å²) in [4.78, 5) is 15.4. The summed E-state index contributed by atoms with van der Waals surface area (Å²) in [6, 6.07) is 0.663. The van der Waals surface area contributed by atoms with E-state index < -0.39 is 0 Å². The van der Waals surface area contributed by atoms with E-state index in [4.69, 9.17) is 5.73 Å². The summed E-state index contributed by atoms with van der Waals surface area (Å²) in [6.45, 7) is 2.01. The molecular weight excluding hydrogens is 447 g/mol. The first kappa shape index (κ1) is 17.3. The minimum atomic E-state index is -0.206. The molecule has 1 fully saturated rings. The van der Waals surface area contributed by atoms with E-state index in [0.29, 0.717) is 6.04 Å². The van der Waals surface area contributed by atoms with Gasteiger partial charge in [-0.2, -0.15) is 0 Å². The summed E-state index contributed by atoms with van der Waals surface area (Å²) >= 11 is 3.50. The van der Waals surface area contributed by atoms with E-state index in [2.05, 4.69) is 60.0 Å². The van der Waals surface area contributed by atoms with E-state index >= 15 is 0 Å². The van der Waals surface area contributed by atoms with E-state index in [-0.39, 0.29) is 27.5 Å². The van der Waals surface area contributed by atoms with Crippen LogP contribution in [0.4, 0.5) is 5.82 Å². The second kappa shape index (κ2) is 8.00. The quantitative estimate of drug-likeness (QED) is 0.221. The molecule has 1 aliphatic rings. The Balaban J connectivity index is 1.95. The molecule has 1 atom stereocenters. The second-order valence-corrected chi connectivity index (χ2v) is 8.23. The summed E-state index contributed by atoms with van der Waals surface area (Å²) < 4.78 is 2.06. The van der Waals surface area contributed by atoms with Crippen LogP contribution in [0.15, 0.2) is 10.8 Å². The molecule has 6 nitrogen and oxygen atoms in total. The minimum absolute atomic E-state index is 0.0821. The van der Waals surface area contributed by atoms with Gasteiger partial charge in [0.2, 0.25) is 0 Å². The van der Waals surface area contributed by atoms with Gasteiger partial charge in [0, 0.05) is 0 Å². The Labute approximate surface area is 145 Å². The molecule has 2 heterocycles.